The summed E-state index contributed by atoms with van der Waals surface area (Å²) in [5.41, 5.74) is 5.99. The van der Waals surface area contributed by atoms with E-state index in [2.05, 4.69) is 10.3 Å². The van der Waals surface area contributed by atoms with Gasteiger partial charge in [-0.1, -0.05) is 0 Å². The van der Waals surface area contributed by atoms with E-state index in [0.717, 1.165) is 0 Å². The van der Waals surface area contributed by atoms with Crippen molar-refractivity contribution in [2.75, 3.05) is 11.9 Å². The summed E-state index contributed by atoms with van der Waals surface area (Å²) in [7, 11) is 1.65. The minimum atomic E-state index is -0.515. The van der Waals surface area contributed by atoms with Gasteiger partial charge < -0.3 is 16.0 Å². The minimum Gasteiger partial charge on any atom is -0.369 e. The van der Waals surface area contributed by atoms with Crippen LogP contribution in [0.15, 0.2) is 29.3 Å². The van der Waals surface area contributed by atoms with Crippen LogP contribution in [0.4, 0.5) is 14.9 Å². The zero-order valence-electron chi connectivity index (χ0n) is 11.6. The molecule has 1 aromatic rings. The molecular formula is C13H19FN4O. The van der Waals surface area contributed by atoms with Crippen LogP contribution in [0.3, 0.4) is 0 Å². The van der Waals surface area contributed by atoms with Crippen molar-refractivity contribution in [1.29, 1.82) is 0 Å². The van der Waals surface area contributed by atoms with Gasteiger partial charge in [-0.15, -0.1) is 0 Å². The molecule has 6 heteroatoms. The van der Waals surface area contributed by atoms with E-state index in [-0.39, 0.29) is 17.3 Å². The second-order valence-corrected chi connectivity index (χ2v) is 5.19. The summed E-state index contributed by atoms with van der Waals surface area (Å²) in [6.07, 6.45) is 0. The lowest BCUT2D eigenvalue weighted by Gasteiger charge is -2.20. The Labute approximate surface area is 112 Å². The number of carbonyl (C=O) groups is 1. The Balaban J connectivity index is 2.79. The molecule has 0 fully saturated rings. The van der Waals surface area contributed by atoms with Gasteiger partial charge in [-0.2, -0.15) is 4.99 Å². The Morgan fingerprint density at radius 1 is 1.32 bits per heavy atom. The molecule has 0 saturated heterocycles. The topological polar surface area (TPSA) is 70.7 Å². The molecule has 0 heterocycles. The first-order valence-corrected chi connectivity index (χ1v) is 5.84. The number of nitrogens with two attached hydrogens (primary N) is 1. The number of nitrogens with one attached hydrogen (secondary N) is 1. The van der Waals surface area contributed by atoms with Gasteiger partial charge in [0.15, 0.2) is 0 Å². The Morgan fingerprint density at radius 2 is 1.84 bits per heavy atom. The number of guanidine groups is 1. The fourth-order valence-corrected chi connectivity index (χ4v) is 1.32. The van der Waals surface area contributed by atoms with Crippen LogP contribution in [0.1, 0.15) is 20.8 Å². The Hall–Kier alpha value is -2.11. The van der Waals surface area contributed by atoms with Crippen molar-refractivity contribution >= 4 is 17.7 Å². The number of benzene rings is 1. The summed E-state index contributed by atoms with van der Waals surface area (Å²) in [6, 6.07) is 5.22. The number of aliphatic imine (C=N–C) groups is 1. The van der Waals surface area contributed by atoms with Crippen LogP contribution < -0.4 is 16.0 Å². The smallest absolute Gasteiger partial charge is 0.344 e. The zero-order chi connectivity index (χ0) is 14.6. The molecule has 1 rings (SSSR count). The van der Waals surface area contributed by atoms with E-state index in [9.17, 15) is 9.18 Å². The van der Waals surface area contributed by atoms with Crippen LogP contribution in [0.2, 0.25) is 0 Å². The van der Waals surface area contributed by atoms with Crippen molar-refractivity contribution in [2.24, 2.45) is 10.7 Å². The zero-order valence-corrected chi connectivity index (χ0v) is 11.6. The molecule has 0 radical (unpaired) electrons. The molecule has 0 aliphatic heterocycles. The van der Waals surface area contributed by atoms with Crippen LogP contribution in [0.5, 0.6) is 0 Å². The third-order valence-electron chi connectivity index (χ3n) is 2.26. The normalized spacial score (nSPS) is 12.2. The van der Waals surface area contributed by atoms with Crippen molar-refractivity contribution in [3.63, 3.8) is 0 Å². The van der Waals surface area contributed by atoms with Crippen LogP contribution in [-0.4, -0.2) is 24.6 Å². The predicted molar refractivity (Wildman–Crippen MR) is 74.7 cm³/mol. The van der Waals surface area contributed by atoms with Gasteiger partial charge in [0.1, 0.15) is 5.82 Å². The monoisotopic (exact) mass is 266 g/mol. The molecule has 5 nitrogen and oxygen atoms in total. The van der Waals surface area contributed by atoms with E-state index in [0.29, 0.717) is 5.69 Å². The molecule has 0 aliphatic rings. The standard InChI is InChI=1S/C13H19FN4O/c1-13(2,3)17-12(19)16-11(15)18(4)10-7-5-9(14)6-8-10/h5-8H,1-4H3,(H3,15,16,17,19). The molecule has 0 bridgehead atoms. The molecule has 104 valence electrons. The minimum absolute atomic E-state index is 0.0355. The summed E-state index contributed by atoms with van der Waals surface area (Å²) in [4.78, 5) is 16.8. The van der Waals surface area contributed by atoms with E-state index < -0.39 is 6.03 Å². The first-order chi connectivity index (χ1) is 8.69. The number of hydrogen-bond donors (Lipinski definition) is 2. The van der Waals surface area contributed by atoms with Crippen LogP contribution in [-0.2, 0) is 0 Å². The van der Waals surface area contributed by atoms with Gasteiger partial charge in [0.05, 0.1) is 0 Å². The van der Waals surface area contributed by atoms with E-state index in [1.165, 1.54) is 17.0 Å². The predicted octanol–water partition coefficient (Wildman–Crippen LogP) is 2.08. The van der Waals surface area contributed by atoms with Crippen molar-refractivity contribution in [3.8, 4) is 0 Å². The maximum atomic E-state index is 12.8. The molecular weight excluding hydrogens is 247 g/mol. The van der Waals surface area contributed by atoms with Crippen molar-refractivity contribution in [2.45, 2.75) is 26.3 Å². The lowest BCUT2D eigenvalue weighted by Crippen LogP contribution is -2.42. The van der Waals surface area contributed by atoms with Gasteiger partial charge in [0.25, 0.3) is 0 Å². The average Bonchev–Trinajstić information content (AvgIpc) is 2.26. The largest absolute Gasteiger partial charge is 0.369 e. The highest BCUT2D eigenvalue weighted by atomic mass is 19.1. The molecule has 0 atom stereocenters. The van der Waals surface area contributed by atoms with E-state index in [1.807, 2.05) is 20.8 Å². The maximum Gasteiger partial charge on any atom is 0.344 e. The van der Waals surface area contributed by atoms with Gasteiger partial charge in [-0.3, -0.25) is 0 Å². The third kappa shape index (κ3) is 4.95. The fraction of sp³-hybridized carbons (Fsp3) is 0.385. The number of nitrogens with zero attached hydrogens (tertiary/aromatic N) is 2. The number of halogens is 1. The number of carbonyl (C=O) groups excluding carboxylic acids is 1. The van der Waals surface area contributed by atoms with Gasteiger partial charge in [-0.05, 0) is 45.0 Å². The molecule has 0 saturated carbocycles. The van der Waals surface area contributed by atoms with Crippen molar-refractivity contribution in [1.82, 2.24) is 5.32 Å². The Bertz CT molecular complexity index is 476. The van der Waals surface area contributed by atoms with E-state index in [1.54, 1.807) is 19.2 Å². The second kappa shape index (κ2) is 5.69. The highest BCUT2D eigenvalue weighted by molar-refractivity contribution is 6.01. The molecule has 19 heavy (non-hydrogen) atoms. The lowest BCUT2D eigenvalue weighted by atomic mass is 10.1. The lowest BCUT2D eigenvalue weighted by molar-refractivity contribution is 0.241. The SMILES string of the molecule is CN(C(N)=NC(=O)NC(C)(C)C)c1ccc(F)cc1. The molecule has 0 aromatic heterocycles. The second-order valence-electron chi connectivity index (χ2n) is 5.19. The number of hydrogen-bond acceptors (Lipinski definition) is 1. The molecule has 1 aromatic carbocycles. The van der Waals surface area contributed by atoms with Gasteiger partial charge >= 0.3 is 6.03 Å². The molecule has 0 unspecified atom stereocenters. The molecule has 0 spiro atoms. The van der Waals surface area contributed by atoms with E-state index in [4.69, 9.17) is 5.73 Å². The number of rotatable bonds is 1. The third-order valence-corrected chi connectivity index (χ3v) is 2.26. The van der Waals surface area contributed by atoms with Crippen LogP contribution in [0, 0.1) is 5.82 Å². The van der Waals surface area contributed by atoms with Gasteiger partial charge in [-0.25, -0.2) is 9.18 Å². The summed E-state index contributed by atoms with van der Waals surface area (Å²) in [5.74, 6) is -0.300. The summed E-state index contributed by atoms with van der Waals surface area (Å²) in [6.45, 7) is 5.54. The summed E-state index contributed by atoms with van der Waals surface area (Å²) in [5, 5.41) is 2.67. The van der Waals surface area contributed by atoms with Crippen molar-refractivity contribution < 1.29 is 9.18 Å². The molecule has 2 amide bonds. The van der Waals surface area contributed by atoms with Crippen LogP contribution >= 0.6 is 0 Å². The quantitative estimate of drug-likeness (QED) is 0.604. The molecule has 3 N–H and O–H groups in total. The molecule has 0 aliphatic carbocycles. The van der Waals surface area contributed by atoms with Gasteiger partial charge in [0, 0.05) is 18.3 Å². The first-order valence-electron chi connectivity index (χ1n) is 5.84. The maximum absolute atomic E-state index is 12.8. The van der Waals surface area contributed by atoms with Crippen molar-refractivity contribution in [3.05, 3.63) is 30.1 Å². The summed E-state index contributed by atoms with van der Waals surface area (Å²) >= 11 is 0. The number of urea groups is 1. The van der Waals surface area contributed by atoms with Crippen LogP contribution in [0.25, 0.3) is 0 Å². The summed E-state index contributed by atoms with van der Waals surface area (Å²) < 4.78 is 12.8. The number of amides is 2. The first kappa shape index (κ1) is 14.9. The van der Waals surface area contributed by atoms with E-state index >= 15 is 0 Å². The fourth-order valence-electron chi connectivity index (χ4n) is 1.32. The number of anilines is 1. The Morgan fingerprint density at radius 3 is 2.32 bits per heavy atom. The van der Waals surface area contributed by atoms with Gasteiger partial charge in [0.2, 0.25) is 5.96 Å². The average molecular weight is 266 g/mol. The highest BCUT2D eigenvalue weighted by Gasteiger charge is 2.14. The Kier molecular flexibility index (Phi) is 4.47. The highest BCUT2D eigenvalue weighted by Crippen LogP contribution is 2.12.